The van der Waals surface area contributed by atoms with Crippen LogP contribution in [-0.4, -0.2) is 16.6 Å². The SMILES string of the molecule is CCCOc1cncc(C(N)c2cccc(C)n2)c1. The lowest BCUT2D eigenvalue weighted by Crippen LogP contribution is -2.14. The van der Waals surface area contributed by atoms with E-state index in [1.54, 1.807) is 12.4 Å². The third-order valence-corrected chi connectivity index (χ3v) is 2.79. The van der Waals surface area contributed by atoms with Crippen LogP contribution in [0.1, 0.15) is 36.3 Å². The summed E-state index contributed by atoms with van der Waals surface area (Å²) in [6.07, 6.45) is 4.43. The highest BCUT2D eigenvalue weighted by Crippen LogP contribution is 2.21. The van der Waals surface area contributed by atoms with Gasteiger partial charge in [0, 0.05) is 11.9 Å². The Labute approximate surface area is 113 Å². The fourth-order valence-electron chi connectivity index (χ4n) is 1.81. The minimum atomic E-state index is -0.280. The fourth-order valence-corrected chi connectivity index (χ4v) is 1.81. The summed E-state index contributed by atoms with van der Waals surface area (Å²) in [5.41, 5.74) is 8.93. The number of aromatic nitrogens is 2. The minimum absolute atomic E-state index is 0.280. The summed E-state index contributed by atoms with van der Waals surface area (Å²) in [7, 11) is 0. The molecule has 0 saturated heterocycles. The van der Waals surface area contributed by atoms with Gasteiger partial charge in [-0.15, -0.1) is 0 Å². The smallest absolute Gasteiger partial charge is 0.137 e. The van der Waals surface area contributed by atoms with Crippen LogP contribution in [0, 0.1) is 6.92 Å². The van der Waals surface area contributed by atoms with Crippen molar-refractivity contribution < 1.29 is 4.74 Å². The van der Waals surface area contributed by atoms with Crippen molar-refractivity contribution in [3.63, 3.8) is 0 Å². The van der Waals surface area contributed by atoms with E-state index in [1.165, 1.54) is 0 Å². The molecule has 0 spiro atoms. The molecule has 2 N–H and O–H groups in total. The molecule has 0 aliphatic heterocycles. The Hall–Kier alpha value is -1.94. The zero-order chi connectivity index (χ0) is 13.7. The van der Waals surface area contributed by atoms with E-state index in [9.17, 15) is 0 Å². The van der Waals surface area contributed by atoms with Gasteiger partial charge in [0.2, 0.25) is 0 Å². The zero-order valence-electron chi connectivity index (χ0n) is 11.3. The Morgan fingerprint density at radius 3 is 2.89 bits per heavy atom. The number of nitrogens with two attached hydrogens (primary N) is 1. The molecule has 0 aliphatic rings. The van der Waals surface area contributed by atoms with Crippen molar-refractivity contribution in [3.8, 4) is 5.75 Å². The summed E-state index contributed by atoms with van der Waals surface area (Å²) >= 11 is 0. The maximum atomic E-state index is 6.22. The van der Waals surface area contributed by atoms with E-state index in [1.807, 2.05) is 31.2 Å². The summed E-state index contributed by atoms with van der Waals surface area (Å²) < 4.78 is 5.57. The average molecular weight is 257 g/mol. The normalized spacial score (nSPS) is 12.2. The first-order valence-corrected chi connectivity index (χ1v) is 6.47. The molecule has 2 aromatic heterocycles. The van der Waals surface area contributed by atoms with E-state index >= 15 is 0 Å². The molecule has 100 valence electrons. The van der Waals surface area contributed by atoms with Gasteiger partial charge in [-0.05, 0) is 37.1 Å². The summed E-state index contributed by atoms with van der Waals surface area (Å²) in [6.45, 7) is 4.71. The highest BCUT2D eigenvalue weighted by atomic mass is 16.5. The van der Waals surface area contributed by atoms with Gasteiger partial charge in [0.25, 0.3) is 0 Å². The van der Waals surface area contributed by atoms with Crippen LogP contribution >= 0.6 is 0 Å². The van der Waals surface area contributed by atoms with E-state index in [2.05, 4.69) is 16.9 Å². The van der Waals surface area contributed by atoms with Gasteiger partial charge in [-0.2, -0.15) is 0 Å². The highest BCUT2D eigenvalue weighted by molar-refractivity contribution is 5.31. The molecule has 4 heteroatoms. The number of hydrogen-bond acceptors (Lipinski definition) is 4. The maximum Gasteiger partial charge on any atom is 0.137 e. The summed E-state index contributed by atoms with van der Waals surface area (Å²) in [5, 5.41) is 0. The molecule has 1 atom stereocenters. The number of pyridine rings is 2. The first-order valence-electron chi connectivity index (χ1n) is 6.47. The Morgan fingerprint density at radius 2 is 2.16 bits per heavy atom. The van der Waals surface area contributed by atoms with Gasteiger partial charge in [0.1, 0.15) is 5.75 Å². The first-order chi connectivity index (χ1) is 9.20. The van der Waals surface area contributed by atoms with E-state index < -0.39 is 0 Å². The molecule has 0 aliphatic carbocycles. The van der Waals surface area contributed by atoms with Gasteiger partial charge < -0.3 is 10.5 Å². The molecule has 19 heavy (non-hydrogen) atoms. The molecular weight excluding hydrogens is 238 g/mol. The molecule has 2 aromatic rings. The van der Waals surface area contributed by atoms with Crippen LogP contribution in [0.4, 0.5) is 0 Å². The number of rotatable bonds is 5. The van der Waals surface area contributed by atoms with Crippen molar-refractivity contribution in [2.24, 2.45) is 5.73 Å². The molecule has 0 saturated carbocycles. The number of aryl methyl sites for hydroxylation is 1. The van der Waals surface area contributed by atoms with Crippen LogP contribution in [0.25, 0.3) is 0 Å². The van der Waals surface area contributed by atoms with Gasteiger partial charge >= 0.3 is 0 Å². The largest absolute Gasteiger partial charge is 0.492 e. The predicted molar refractivity (Wildman–Crippen MR) is 75.0 cm³/mol. The molecule has 0 aromatic carbocycles. The van der Waals surface area contributed by atoms with E-state index in [0.717, 1.165) is 29.1 Å². The minimum Gasteiger partial charge on any atom is -0.492 e. The van der Waals surface area contributed by atoms with Crippen LogP contribution in [-0.2, 0) is 0 Å². The lowest BCUT2D eigenvalue weighted by molar-refractivity contribution is 0.315. The van der Waals surface area contributed by atoms with E-state index in [4.69, 9.17) is 10.5 Å². The quantitative estimate of drug-likeness (QED) is 0.894. The molecule has 0 radical (unpaired) electrons. The second kappa shape index (κ2) is 6.29. The highest BCUT2D eigenvalue weighted by Gasteiger charge is 2.11. The standard InChI is InChI=1S/C15H19N3O/c1-3-7-19-13-8-12(9-17-10-13)15(16)14-6-4-5-11(2)18-14/h4-6,8-10,15H,3,7,16H2,1-2H3. The van der Waals surface area contributed by atoms with Crippen molar-refractivity contribution in [2.45, 2.75) is 26.3 Å². The number of hydrogen-bond donors (Lipinski definition) is 1. The topological polar surface area (TPSA) is 61.0 Å². The third-order valence-electron chi connectivity index (χ3n) is 2.79. The molecule has 2 heterocycles. The summed E-state index contributed by atoms with van der Waals surface area (Å²) in [5.74, 6) is 0.752. The third kappa shape index (κ3) is 3.51. The van der Waals surface area contributed by atoms with Crippen LogP contribution in [0.5, 0.6) is 5.75 Å². The molecule has 4 nitrogen and oxygen atoms in total. The lowest BCUT2D eigenvalue weighted by atomic mass is 10.1. The second-order valence-corrected chi connectivity index (χ2v) is 4.48. The Kier molecular flexibility index (Phi) is 4.47. The first kappa shape index (κ1) is 13.5. The molecule has 0 fully saturated rings. The van der Waals surface area contributed by atoms with Crippen molar-refractivity contribution in [1.82, 2.24) is 9.97 Å². The lowest BCUT2D eigenvalue weighted by Gasteiger charge is -2.13. The predicted octanol–water partition coefficient (Wildman–Crippen LogP) is 2.62. The van der Waals surface area contributed by atoms with Crippen LogP contribution in [0.15, 0.2) is 36.7 Å². The van der Waals surface area contributed by atoms with E-state index in [0.29, 0.717) is 6.61 Å². The van der Waals surface area contributed by atoms with Crippen molar-refractivity contribution in [2.75, 3.05) is 6.61 Å². The monoisotopic (exact) mass is 257 g/mol. The second-order valence-electron chi connectivity index (χ2n) is 4.48. The van der Waals surface area contributed by atoms with Crippen LogP contribution in [0.2, 0.25) is 0 Å². The fraction of sp³-hybridized carbons (Fsp3) is 0.333. The maximum absolute atomic E-state index is 6.22. The van der Waals surface area contributed by atoms with Crippen LogP contribution < -0.4 is 10.5 Å². The zero-order valence-corrected chi connectivity index (χ0v) is 11.3. The van der Waals surface area contributed by atoms with Gasteiger partial charge in [0.05, 0.1) is 24.5 Å². The Morgan fingerprint density at radius 1 is 1.32 bits per heavy atom. The van der Waals surface area contributed by atoms with Crippen molar-refractivity contribution in [3.05, 3.63) is 53.6 Å². The summed E-state index contributed by atoms with van der Waals surface area (Å²) in [6, 6.07) is 7.49. The number of nitrogens with zero attached hydrogens (tertiary/aromatic N) is 2. The molecule has 0 amide bonds. The Balaban J connectivity index is 2.21. The molecule has 1 unspecified atom stereocenters. The van der Waals surface area contributed by atoms with Crippen molar-refractivity contribution in [1.29, 1.82) is 0 Å². The average Bonchev–Trinajstić information content (AvgIpc) is 2.44. The van der Waals surface area contributed by atoms with Crippen LogP contribution in [0.3, 0.4) is 0 Å². The molecule has 0 bridgehead atoms. The van der Waals surface area contributed by atoms with Gasteiger partial charge in [-0.1, -0.05) is 13.0 Å². The van der Waals surface area contributed by atoms with Gasteiger partial charge in [-0.25, -0.2) is 0 Å². The molecule has 2 rings (SSSR count). The van der Waals surface area contributed by atoms with E-state index in [-0.39, 0.29) is 6.04 Å². The number of ether oxygens (including phenoxy) is 1. The molecular formula is C15H19N3O. The van der Waals surface area contributed by atoms with Crippen molar-refractivity contribution >= 4 is 0 Å². The summed E-state index contributed by atoms with van der Waals surface area (Å²) in [4.78, 5) is 8.62. The van der Waals surface area contributed by atoms with Gasteiger partial charge in [0.15, 0.2) is 0 Å². The Bertz CT molecular complexity index is 542. The van der Waals surface area contributed by atoms with Gasteiger partial charge in [-0.3, -0.25) is 9.97 Å².